The molecule has 0 spiro atoms. The maximum absolute atomic E-state index is 5.77. The van der Waals surface area contributed by atoms with E-state index in [4.69, 9.17) is 4.74 Å². The van der Waals surface area contributed by atoms with Crippen molar-refractivity contribution in [1.29, 1.82) is 0 Å². The first-order valence-corrected chi connectivity index (χ1v) is 8.09. The minimum atomic E-state index is 0.0524. The number of hydrogen-bond acceptors (Lipinski definition) is 3. The molecule has 0 bridgehead atoms. The Hall–Kier alpha value is -0.120. The molecule has 0 aromatic heterocycles. The maximum atomic E-state index is 5.77. The third-order valence-corrected chi connectivity index (χ3v) is 4.22. The van der Waals surface area contributed by atoms with Crippen LogP contribution in [-0.2, 0) is 4.74 Å². The molecule has 3 heteroatoms. The monoisotopic (exact) mass is 270 g/mol. The molecule has 0 aliphatic carbocycles. The molecule has 1 aliphatic heterocycles. The number of hydrogen-bond donors (Lipinski definition) is 1. The Morgan fingerprint density at radius 2 is 2.00 bits per heavy atom. The third kappa shape index (κ3) is 6.73. The van der Waals surface area contributed by atoms with Gasteiger partial charge in [-0.1, -0.05) is 13.8 Å². The Balaban J connectivity index is 2.18. The van der Waals surface area contributed by atoms with Gasteiger partial charge in [-0.05, 0) is 66.1 Å². The Bertz CT molecular complexity index is 239. The molecular weight excluding hydrogens is 236 g/mol. The van der Waals surface area contributed by atoms with Gasteiger partial charge in [-0.25, -0.2) is 0 Å². The fourth-order valence-electron chi connectivity index (χ4n) is 3.02. The standard InChI is InChI=1S/C16H34N2O/c1-6-18(7-2)11-8-9-14(3)17-15-10-12-19-16(4,5)13-15/h14-15,17H,6-13H2,1-5H3. The SMILES string of the molecule is CCN(CC)CCCC(C)NC1CCOC(C)(C)C1. The number of ether oxygens (including phenoxy) is 1. The summed E-state index contributed by atoms with van der Waals surface area (Å²) in [6.45, 7) is 15.7. The molecule has 1 saturated heterocycles. The van der Waals surface area contributed by atoms with Gasteiger partial charge >= 0.3 is 0 Å². The largest absolute Gasteiger partial charge is 0.375 e. The number of nitrogens with zero attached hydrogens (tertiary/aromatic N) is 1. The maximum Gasteiger partial charge on any atom is 0.0641 e. The third-order valence-electron chi connectivity index (χ3n) is 4.22. The van der Waals surface area contributed by atoms with E-state index in [2.05, 4.69) is 44.8 Å². The highest BCUT2D eigenvalue weighted by molar-refractivity contribution is 4.84. The molecule has 114 valence electrons. The van der Waals surface area contributed by atoms with Crippen LogP contribution in [0.15, 0.2) is 0 Å². The van der Waals surface area contributed by atoms with Gasteiger partial charge in [-0.3, -0.25) is 0 Å². The van der Waals surface area contributed by atoms with Crippen molar-refractivity contribution < 1.29 is 4.74 Å². The smallest absolute Gasteiger partial charge is 0.0641 e. The van der Waals surface area contributed by atoms with Crippen LogP contribution in [0.2, 0.25) is 0 Å². The molecule has 1 N–H and O–H groups in total. The lowest BCUT2D eigenvalue weighted by atomic mass is 9.93. The van der Waals surface area contributed by atoms with Crippen molar-refractivity contribution in [2.75, 3.05) is 26.2 Å². The van der Waals surface area contributed by atoms with Crippen molar-refractivity contribution in [2.45, 2.75) is 78.0 Å². The zero-order chi connectivity index (χ0) is 14.3. The summed E-state index contributed by atoms with van der Waals surface area (Å²) >= 11 is 0. The highest BCUT2D eigenvalue weighted by atomic mass is 16.5. The van der Waals surface area contributed by atoms with Crippen molar-refractivity contribution >= 4 is 0 Å². The quantitative estimate of drug-likeness (QED) is 0.733. The summed E-state index contributed by atoms with van der Waals surface area (Å²) in [4.78, 5) is 2.50. The van der Waals surface area contributed by atoms with Crippen LogP contribution in [0, 0.1) is 0 Å². The fourth-order valence-corrected chi connectivity index (χ4v) is 3.02. The molecule has 3 nitrogen and oxygen atoms in total. The topological polar surface area (TPSA) is 24.5 Å². The van der Waals surface area contributed by atoms with Crippen LogP contribution in [0.3, 0.4) is 0 Å². The van der Waals surface area contributed by atoms with Gasteiger partial charge in [-0.2, -0.15) is 0 Å². The molecule has 1 aliphatic rings. The van der Waals surface area contributed by atoms with Crippen LogP contribution in [0.5, 0.6) is 0 Å². The summed E-state index contributed by atoms with van der Waals surface area (Å²) in [5.74, 6) is 0. The van der Waals surface area contributed by atoms with Gasteiger partial charge in [-0.15, -0.1) is 0 Å². The predicted octanol–water partition coefficient (Wildman–Crippen LogP) is 3.04. The molecule has 2 atom stereocenters. The molecule has 19 heavy (non-hydrogen) atoms. The molecule has 1 rings (SSSR count). The van der Waals surface area contributed by atoms with Gasteiger partial charge in [0.05, 0.1) is 5.60 Å². The first-order chi connectivity index (χ1) is 8.96. The molecule has 1 heterocycles. The van der Waals surface area contributed by atoms with E-state index in [0.717, 1.165) is 19.4 Å². The van der Waals surface area contributed by atoms with Gasteiger partial charge in [0.2, 0.25) is 0 Å². The zero-order valence-corrected chi connectivity index (χ0v) is 13.7. The number of nitrogens with one attached hydrogen (secondary N) is 1. The van der Waals surface area contributed by atoms with E-state index >= 15 is 0 Å². The molecule has 2 unspecified atom stereocenters. The summed E-state index contributed by atoms with van der Waals surface area (Å²) in [5.41, 5.74) is 0.0524. The van der Waals surface area contributed by atoms with E-state index in [1.807, 2.05) is 0 Å². The molecular formula is C16H34N2O. The van der Waals surface area contributed by atoms with E-state index < -0.39 is 0 Å². The van der Waals surface area contributed by atoms with Crippen molar-refractivity contribution in [3.63, 3.8) is 0 Å². The van der Waals surface area contributed by atoms with Crippen LogP contribution in [-0.4, -0.2) is 48.8 Å². The normalized spacial score (nSPS) is 24.6. The lowest BCUT2D eigenvalue weighted by molar-refractivity contribution is -0.0640. The second kappa shape index (κ2) is 8.23. The van der Waals surface area contributed by atoms with Gasteiger partial charge < -0.3 is 15.0 Å². The average Bonchev–Trinajstić information content (AvgIpc) is 2.33. The lowest BCUT2D eigenvalue weighted by Gasteiger charge is -2.37. The van der Waals surface area contributed by atoms with E-state index in [-0.39, 0.29) is 5.60 Å². The highest BCUT2D eigenvalue weighted by Gasteiger charge is 2.29. The Kier molecular flexibility index (Phi) is 7.33. The molecule has 0 aromatic rings. The van der Waals surface area contributed by atoms with Crippen molar-refractivity contribution in [2.24, 2.45) is 0 Å². The minimum absolute atomic E-state index is 0.0524. The molecule has 0 saturated carbocycles. The fraction of sp³-hybridized carbons (Fsp3) is 1.00. The summed E-state index contributed by atoms with van der Waals surface area (Å²) in [6.07, 6.45) is 4.86. The van der Waals surface area contributed by atoms with Crippen LogP contribution in [0.4, 0.5) is 0 Å². The van der Waals surface area contributed by atoms with Gasteiger partial charge in [0.15, 0.2) is 0 Å². The second-order valence-corrected chi connectivity index (χ2v) is 6.53. The van der Waals surface area contributed by atoms with Gasteiger partial charge in [0.1, 0.15) is 0 Å². The van der Waals surface area contributed by atoms with E-state index in [1.165, 1.54) is 32.5 Å². The molecule has 0 aromatic carbocycles. The van der Waals surface area contributed by atoms with Crippen molar-refractivity contribution in [1.82, 2.24) is 10.2 Å². The second-order valence-electron chi connectivity index (χ2n) is 6.53. The predicted molar refractivity (Wildman–Crippen MR) is 82.7 cm³/mol. The Labute approximate surface area is 120 Å². The van der Waals surface area contributed by atoms with Crippen LogP contribution < -0.4 is 5.32 Å². The summed E-state index contributed by atoms with van der Waals surface area (Å²) in [7, 11) is 0. The van der Waals surface area contributed by atoms with Crippen molar-refractivity contribution in [3.05, 3.63) is 0 Å². The summed E-state index contributed by atoms with van der Waals surface area (Å²) in [5, 5.41) is 3.79. The van der Waals surface area contributed by atoms with E-state index in [0.29, 0.717) is 12.1 Å². The van der Waals surface area contributed by atoms with E-state index in [9.17, 15) is 0 Å². The first kappa shape index (κ1) is 16.9. The molecule has 0 radical (unpaired) electrons. The highest BCUT2D eigenvalue weighted by Crippen LogP contribution is 2.24. The van der Waals surface area contributed by atoms with Crippen molar-refractivity contribution in [3.8, 4) is 0 Å². The summed E-state index contributed by atoms with van der Waals surface area (Å²) < 4.78 is 5.77. The zero-order valence-electron chi connectivity index (χ0n) is 13.7. The average molecular weight is 270 g/mol. The van der Waals surface area contributed by atoms with E-state index in [1.54, 1.807) is 0 Å². The number of rotatable bonds is 8. The molecule has 0 amide bonds. The van der Waals surface area contributed by atoms with Crippen LogP contribution in [0.1, 0.15) is 60.3 Å². The van der Waals surface area contributed by atoms with Gasteiger partial charge in [0.25, 0.3) is 0 Å². The Morgan fingerprint density at radius 1 is 1.32 bits per heavy atom. The lowest BCUT2D eigenvalue weighted by Crippen LogP contribution is -2.46. The minimum Gasteiger partial charge on any atom is -0.375 e. The first-order valence-electron chi connectivity index (χ1n) is 8.09. The molecule has 1 fully saturated rings. The van der Waals surface area contributed by atoms with Crippen LogP contribution in [0.25, 0.3) is 0 Å². The van der Waals surface area contributed by atoms with Crippen LogP contribution >= 0.6 is 0 Å². The van der Waals surface area contributed by atoms with Gasteiger partial charge in [0, 0.05) is 18.7 Å². The summed E-state index contributed by atoms with van der Waals surface area (Å²) in [6, 6.07) is 1.25. The Morgan fingerprint density at radius 3 is 2.58 bits per heavy atom.